The lowest BCUT2D eigenvalue weighted by molar-refractivity contribution is 0.102. The molecule has 2 aromatic carbocycles. The minimum absolute atomic E-state index is 0.0653. The van der Waals surface area contributed by atoms with Gasteiger partial charge in [-0.15, -0.1) is 21.5 Å². The number of benzene rings is 2. The minimum Gasteiger partial charge on any atom is -0.293 e. The number of thiophene rings is 1. The number of fused-ring (bicyclic) bond motifs is 3. The average molecular weight is 461 g/mol. The van der Waals surface area contributed by atoms with E-state index in [1.165, 1.54) is 11.8 Å². The number of carbonyl (C=O) groups is 1. The van der Waals surface area contributed by atoms with E-state index in [9.17, 15) is 9.59 Å². The molecular formula is C24H20N4O2S2. The normalized spacial score (nSPS) is 11.4. The Hall–Kier alpha value is -3.23. The summed E-state index contributed by atoms with van der Waals surface area (Å²) >= 11 is 2.97. The van der Waals surface area contributed by atoms with Crippen LogP contribution in [0.2, 0.25) is 0 Å². The molecule has 5 rings (SSSR count). The van der Waals surface area contributed by atoms with E-state index >= 15 is 0 Å². The van der Waals surface area contributed by atoms with Crippen molar-refractivity contribution in [1.82, 2.24) is 19.2 Å². The van der Waals surface area contributed by atoms with Crippen LogP contribution in [0.4, 0.5) is 0 Å². The van der Waals surface area contributed by atoms with Crippen LogP contribution in [0.25, 0.3) is 16.7 Å². The number of carbonyl (C=O) groups excluding carboxylic acids is 1. The molecule has 0 N–H and O–H groups in total. The van der Waals surface area contributed by atoms with Crippen molar-refractivity contribution in [2.24, 2.45) is 0 Å². The van der Waals surface area contributed by atoms with Crippen LogP contribution in [0.15, 0.2) is 70.6 Å². The number of hydrogen-bond donors (Lipinski definition) is 0. The van der Waals surface area contributed by atoms with Gasteiger partial charge >= 0.3 is 0 Å². The molecule has 8 heteroatoms. The van der Waals surface area contributed by atoms with Gasteiger partial charge in [0.15, 0.2) is 10.9 Å². The third-order valence-corrected chi connectivity index (χ3v) is 7.23. The van der Waals surface area contributed by atoms with Crippen LogP contribution < -0.4 is 5.56 Å². The van der Waals surface area contributed by atoms with Gasteiger partial charge in [0.25, 0.3) is 5.56 Å². The number of para-hydroxylation sites is 1. The van der Waals surface area contributed by atoms with Gasteiger partial charge in [0.05, 0.1) is 23.2 Å². The first-order valence-electron chi connectivity index (χ1n) is 10.2. The van der Waals surface area contributed by atoms with Crippen molar-refractivity contribution in [3.05, 3.63) is 91.9 Å². The predicted octanol–water partition coefficient (Wildman–Crippen LogP) is 4.75. The number of rotatable bonds is 6. The first-order valence-corrected chi connectivity index (χ1v) is 12.0. The number of aryl methyl sites for hydroxylation is 2. The van der Waals surface area contributed by atoms with Crippen LogP contribution in [0, 0.1) is 13.8 Å². The smallest absolute Gasteiger partial charge is 0.263 e. The van der Waals surface area contributed by atoms with E-state index in [2.05, 4.69) is 10.2 Å². The van der Waals surface area contributed by atoms with Gasteiger partial charge in [-0.3, -0.25) is 18.6 Å². The van der Waals surface area contributed by atoms with Crippen molar-refractivity contribution in [3.63, 3.8) is 0 Å². The second-order valence-electron chi connectivity index (χ2n) is 7.55. The fourth-order valence-corrected chi connectivity index (χ4v) is 5.62. The Labute approximate surface area is 192 Å². The van der Waals surface area contributed by atoms with Crippen molar-refractivity contribution >= 4 is 45.6 Å². The molecule has 0 aliphatic rings. The number of Topliss-reactive ketones (excluding diaryl/α,β-unsaturated/α-hetero) is 1. The van der Waals surface area contributed by atoms with Gasteiger partial charge in [0.1, 0.15) is 0 Å². The molecule has 0 saturated carbocycles. The van der Waals surface area contributed by atoms with E-state index in [4.69, 9.17) is 0 Å². The molecule has 0 aliphatic heterocycles. The van der Waals surface area contributed by atoms with Crippen molar-refractivity contribution in [2.75, 3.05) is 5.75 Å². The maximum atomic E-state index is 13.3. The van der Waals surface area contributed by atoms with Crippen LogP contribution in [-0.2, 0) is 6.54 Å². The van der Waals surface area contributed by atoms with Crippen molar-refractivity contribution < 1.29 is 4.79 Å². The Morgan fingerprint density at radius 3 is 2.53 bits per heavy atom. The average Bonchev–Trinajstić information content (AvgIpc) is 3.38. The quantitative estimate of drug-likeness (QED) is 0.270. The highest BCUT2D eigenvalue weighted by molar-refractivity contribution is 7.99. The van der Waals surface area contributed by atoms with Crippen LogP contribution in [0.3, 0.4) is 0 Å². The molecule has 0 spiro atoms. The molecule has 0 unspecified atom stereocenters. The summed E-state index contributed by atoms with van der Waals surface area (Å²) < 4.78 is 3.52. The summed E-state index contributed by atoms with van der Waals surface area (Å²) in [5.41, 5.74) is 2.39. The van der Waals surface area contributed by atoms with E-state index < -0.39 is 0 Å². The number of ketones is 1. The summed E-state index contributed by atoms with van der Waals surface area (Å²) in [6, 6.07) is 19.2. The Morgan fingerprint density at radius 2 is 1.78 bits per heavy atom. The van der Waals surface area contributed by atoms with Gasteiger partial charge in [0, 0.05) is 15.3 Å². The largest absolute Gasteiger partial charge is 0.293 e. The third-order valence-electron chi connectivity index (χ3n) is 5.34. The molecule has 0 saturated heterocycles. The zero-order valence-corrected chi connectivity index (χ0v) is 19.2. The van der Waals surface area contributed by atoms with Crippen LogP contribution in [0.5, 0.6) is 0 Å². The maximum absolute atomic E-state index is 13.3. The monoisotopic (exact) mass is 460 g/mol. The van der Waals surface area contributed by atoms with Crippen molar-refractivity contribution in [3.8, 4) is 0 Å². The molecule has 0 fully saturated rings. The predicted molar refractivity (Wildman–Crippen MR) is 129 cm³/mol. The van der Waals surface area contributed by atoms with Gasteiger partial charge in [-0.2, -0.15) is 0 Å². The highest BCUT2D eigenvalue weighted by Gasteiger charge is 2.19. The van der Waals surface area contributed by atoms with Crippen LogP contribution in [-0.4, -0.2) is 30.7 Å². The SMILES string of the molecule is Cc1cc(C(=O)CSc2nnc3n(Cc4ccccc4)c(=O)c4ccccc4n23)c(C)s1. The number of aromatic nitrogens is 4. The summed E-state index contributed by atoms with van der Waals surface area (Å²) in [5, 5.41) is 9.88. The first kappa shape index (κ1) is 20.7. The van der Waals surface area contributed by atoms with Crippen molar-refractivity contribution in [2.45, 2.75) is 25.5 Å². The summed E-state index contributed by atoms with van der Waals surface area (Å²) in [6.07, 6.45) is 0. The maximum Gasteiger partial charge on any atom is 0.263 e. The second kappa shape index (κ2) is 8.37. The zero-order valence-electron chi connectivity index (χ0n) is 17.6. The van der Waals surface area contributed by atoms with E-state index in [-0.39, 0.29) is 17.1 Å². The number of nitrogens with zero attached hydrogens (tertiary/aromatic N) is 4. The summed E-state index contributed by atoms with van der Waals surface area (Å²) in [4.78, 5) is 28.2. The molecule has 0 radical (unpaired) electrons. The van der Waals surface area contributed by atoms with Gasteiger partial charge in [-0.05, 0) is 37.6 Å². The Kier molecular flexibility index (Phi) is 5.40. The van der Waals surface area contributed by atoms with Gasteiger partial charge in [-0.25, -0.2) is 0 Å². The van der Waals surface area contributed by atoms with Crippen molar-refractivity contribution in [1.29, 1.82) is 0 Å². The molecule has 0 aliphatic carbocycles. The lowest BCUT2D eigenvalue weighted by atomic mass is 10.2. The first-order chi connectivity index (χ1) is 15.5. The Bertz CT molecular complexity index is 1520. The van der Waals surface area contributed by atoms with E-state index in [1.807, 2.05) is 78.9 Å². The van der Waals surface area contributed by atoms with Crippen LogP contribution >= 0.6 is 23.1 Å². The summed E-state index contributed by atoms with van der Waals surface area (Å²) in [5.74, 6) is 0.787. The molecule has 160 valence electrons. The lowest BCUT2D eigenvalue weighted by Gasteiger charge is -2.11. The lowest BCUT2D eigenvalue weighted by Crippen LogP contribution is -2.24. The molecular weight excluding hydrogens is 440 g/mol. The molecule has 3 aromatic heterocycles. The van der Waals surface area contributed by atoms with E-state index in [0.29, 0.717) is 22.9 Å². The molecule has 0 bridgehead atoms. The standard InChI is InChI=1S/C24H20N4O2S2/c1-15-12-19(16(2)32-15)21(29)14-31-24-26-25-23-27(13-17-8-4-3-5-9-17)22(30)18-10-6-7-11-20(18)28(23)24/h3-12H,13-14H2,1-2H3. The molecule has 0 amide bonds. The topological polar surface area (TPSA) is 69.3 Å². The van der Waals surface area contributed by atoms with Gasteiger partial charge < -0.3 is 0 Å². The summed E-state index contributed by atoms with van der Waals surface area (Å²) in [7, 11) is 0. The van der Waals surface area contributed by atoms with E-state index in [1.54, 1.807) is 15.9 Å². The van der Waals surface area contributed by atoms with Gasteiger partial charge in [-0.1, -0.05) is 54.2 Å². The molecule has 0 atom stereocenters. The van der Waals surface area contributed by atoms with E-state index in [0.717, 1.165) is 26.4 Å². The fraction of sp³-hybridized carbons (Fsp3) is 0.167. The Morgan fingerprint density at radius 1 is 1.03 bits per heavy atom. The third kappa shape index (κ3) is 3.65. The Balaban J connectivity index is 1.58. The molecule has 32 heavy (non-hydrogen) atoms. The molecule has 5 aromatic rings. The highest BCUT2D eigenvalue weighted by atomic mass is 32.2. The molecule has 6 nitrogen and oxygen atoms in total. The van der Waals surface area contributed by atoms with Crippen LogP contribution in [0.1, 0.15) is 25.7 Å². The number of thioether (sulfide) groups is 1. The number of hydrogen-bond acceptors (Lipinski definition) is 6. The zero-order chi connectivity index (χ0) is 22.2. The highest BCUT2D eigenvalue weighted by Crippen LogP contribution is 2.26. The summed E-state index contributed by atoms with van der Waals surface area (Å²) in [6.45, 7) is 4.37. The second-order valence-corrected chi connectivity index (χ2v) is 9.95. The minimum atomic E-state index is -0.110. The fourth-order valence-electron chi connectivity index (χ4n) is 3.85. The molecule has 3 heterocycles. The van der Waals surface area contributed by atoms with Gasteiger partial charge in [0.2, 0.25) is 5.78 Å².